The lowest BCUT2D eigenvalue weighted by molar-refractivity contribution is 0.969. The van der Waals surface area contributed by atoms with Crippen LogP contribution < -0.4 is 11.1 Å². The molecule has 0 amide bonds. The molecule has 0 aliphatic rings. The summed E-state index contributed by atoms with van der Waals surface area (Å²) in [5.74, 6) is 0.776. The first-order valence-corrected chi connectivity index (χ1v) is 5.32. The van der Waals surface area contributed by atoms with Crippen molar-refractivity contribution in [3.05, 3.63) is 18.0 Å². The van der Waals surface area contributed by atoms with Crippen molar-refractivity contribution in [2.24, 2.45) is 0 Å². The minimum absolute atomic E-state index is 0.198. The number of aromatic nitrogens is 3. The van der Waals surface area contributed by atoms with E-state index in [1.54, 1.807) is 12.3 Å². The van der Waals surface area contributed by atoms with Gasteiger partial charge in [0.05, 0.1) is 0 Å². The van der Waals surface area contributed by atoms with Crippen LogP contribution in [0.2, 0.25) is 0 Å². The van der Waals surface area contributed by atoms with Crippen LogP contribution in [-0.4, -0.2) is 21.5 Å². The number of hydrogen-bond donors (Lipinski definition) is 2. The lowest BCUT2D eigenvalue weighted by Gasteiger charge is -2.07. The van der Waals surface area contributed by atoms with Gasteiger partial charge in [0.1, 0.15) is 17.3 Å². The second-order valence-corrected chi connectivity index (χ2v) is 3.56. The molecule has 17 heavy (non-hydrogen) atoms. The average molecular weight is 228 g/mol. The standard InChI is InChI=1S/C11H12N6/c1-2-3-14-10-9-7(4-8(5-12)16-10)6-15-11(13)17-9/h4,6H,2-3H2,1H3,(H,14,16)(H2,13,15,17). The van der Waals surface area contributed by atoms with Gasteiger partial charge in [0.15, 0.2) is 5.82 Å². The Kier molecular flexibility index (Phi) is 3.01. The molecule has 6 nitrogen and oxygen atoms in total. The highest BCUT2D eigenvalue weighted by Crippen LogP contribution is 2.20. The van der Waals surface area contributed by atoms with E-state index < -0.39 is 0 Å². The third-order valence-electron chi connectivity index (χ3n) is 2.24. The summed E-state index contributed by atoms with van der Waals surface area (Å²) in [6.07, 6.45) is 2.55. The van der Waals surface area contributed by atoms with Gasteiger partial charge in [-0.2, -0.15) is 5.26 Å². The summed E-state index contributed by atoms with van der Waals surface area (Å²) in [7, 11) is 0. The number of pyridine rings is 1. The lowest BCUT2D eigenvalue weighted by Crippen LogP contribution is -2.05. The van der Waals surface area contributed by atoms with Crippen LogP contribution in [0.4, 0.5) is 11.8 Å². The van der Waals surface area contributed by atoms with Gasteiger partial charge in [0.2, 0.25) is 5.95 Å². The molecule has 3 N–H and O–H groups in total. The van der Waals surface area contributed by atoms with Crippen molar-refractivity contribution in [2.45, 2.75) is 13.3 Å². The zero-order valence-corrected chi connectivity index (χ0v) is 9.44. The van der Waals surface area contributed by atoms with E-state index in [9.17, 15) is 0 Å². The lowest BCUT2D eigenvalue weighted by atomic mass is 10.2. The van der Waals surface area contributed by atoms with Crippen LogP contribution in [0.25, 0.3) is 10.9 Å². The number of nitrogens with two attached hydrogens (primary N) is 1. The van der Waals surface area contributed by atoms with E-state index in [-0.39, 0.29) is 5.95 Å². The number of nitrogens with zero attached hydrogens (tertiary/aromatic N) is 4. The summed E-state index contributed by atoms with van der Waals surface area (Å²) >= 11 is 0. The third kappa shape index (κ3) is 2.23. The van der Waals surface area contributed by atoms with Crippen LogP contribution in [0.1, 0.15) is 19.0 Å². The van der Waals surface area contributed by atoms with E-state index in [0.717, 1.165) is 18.4 Å². The van der Waals surface area contributed by atoms with Gasteiger partial charge in [-0.1, -0.05) is 6.92 Å². The number of nitriles is 1. The predicted octanol–water partition coefficient (Wildman–Crippen LogP) is 1.30. The summed E-state index contributed by atoms with van der Waals surface area (Å²) in [5.41, 5.74) is 6.53. The Labute approximate surface area is 98.5 Å². The summed E-state index contributed by atoms with van der Waals surface area (Å²) in [6.45, 7) is 2.81. The molecule has 86 valence electrons. The molecule has 0 aromatic carbocycles. The van der Waals surface area contributed by atoms with Crippen molar-refractivity contribution in [1.29, 1.82) is 5.26 Å². The van der Waals surface area contributed by atoms with Crippen LogP contribution in [0, 0.1) is 11.3 Å². The number of nitrogen functional groups attached to an aromatic ring is 1. The second-order valence-electron chi connectivity index (χ2n) is 3.56. The molecule has 0 radical (unpaired) electrons. The van der Waals surface area contributed by atoms with Crippen molar-refractivity contribution in [3.63, 3.8) is 0 Å². The quantitative estimate of drug-likeness (QED) is 0.821. The minimum Gasteiger partial charge on any atom is -0.368 e. The van der Waals surface area contributed by atoms with E-state index >= 15 is 0 Å². The monoisotopic (exact) mass is 228 g/mol. The topological polar surface area (TPSA) is 101 Å². The minimum atomic E-state index is 0.198. The van der Waals surface area contributed by atoms with E-state index in [1.165, 1.54) is 0 Å². The van der Waals surface area contributed by atoms with Gasteiger partial charge in [-0.25, -0.2) is 15.0 Å². The Bertz CT molecular complexity index is 586. The zero-order valence-electron chi connectivity index (χ0n) is 9.44. The highest BCUT2D eigenvalue weighted by molar-refractivity contribution is 5.89. The average Bonchev–Trinajstić information content (AvgIpc) is 2.35. The Balaban J connectivity index is 2.60. The fraction of sp³-hybridized carbons (Fsp3) is 0.273. The van der Waals surface area contributed by atoms with Crippen LogP contribution in [0.15, 0.2) is 12.3 Å². The Morgan fingerprint density at radius 1 is 1.47 bits per heavy atom. The first kappa shape index (κ1) is 11.1. The number of nitrogens with one attached hydrogen (secondary N) is 1. The smallest absolute Gasteiger partial charge is 0.220 e. The van der Waals surface area contributed by atoms with Gasteiger partial charge in [-0.3, -0.25) is 0 Å². The molecule has 6 heteroatoms. The Hall–Kier alpha value is -2.42. The molecule has 0 unspecified atom stereocenters. The molecule has 2 heterocycles. The molecule has 0 saturated heterocycles. The van der Waals surface area contributed by atoms with Gasteiger partial charge in [0, 0.05) is 18.1 Å². The van der Waals surface area contributed by atoms with Crippen molar-refractivity contribution >= 4 is 22.7 Å². The zero-order chi connectivity index (χ0) is 12.3. The summed E-state index contributed by atoms with van der Waals surface area (Å²) < 4.78 is 0. The highest BCUT2D eigenvalue weighted by atomic mass is 15.0. The molecule has 2 rings (SSSR count). The van der Waals surface area contributed by atoms with Crippen LogP contribution in [0.3, 0.4) is 0 Å². The summed E-state index contributed by atoms with van der Waals surface area (Å²) in [5, 5.41) is 12.8. The fourth-order valence-corrected chi connectivity index (χ4v) is 1.48. The largest absolute Gasteiger partial charge is 0.368 e. The van der Waals surface area contributed by atoms with Crippen LogP contribution in [0.5, 0.6) is 0 Å². The fourth-order valence-electron chi connectivity index (χ4n) is 1.48. The SMILES string of the molecule is CCCNc1nc(C#N)cc2cnc(N)nc12. The number of hydrogen-bond acceptors (Lipinski definition) is 6. The summed E-state index contributed by atoms with van der Waals surface area (Å²) in [4.78, 5) is 12.2. The van der Waals surface area contributed by atoms with Crippen LogP contribution in [-0.2, 0) is 0 Å². The van der Waals surface area contributed by atoms with Gasteiger partial charge >= 0.3 is 0 Å². The number of anilines is 2. The molecule has 0 atom stereocenters. The van der Waals surface area contributed by atoms with E-state index in [2.05, 4.69) is 20.3 Å². The predicted molar refractivity (Wildman–Crippen MR) is 65.2 cm³/mol. The first-order chi connectivity index (χ1) is 8.24. The molecule has 0 spiro atoms. The van der Waals surface area contributed by atoms with E-state index in [0.29, 0.717) is 17.0 Å². The molecule has 2 aromatic heterocycles. The van der Waals surface area contributed by atoms with Crippen molar-refractivity contribution < 1.29 is 0 Å². The molecular formula is C11H12N6. The molecule has 0 saturated carbocycles. The van der Waals surface area contributed by atoms with E-state index in [4.69, 9.17) is 11.0 Å². The molecule has 0 bridgehead atoms. The highest BCUT2D eigenvalue weighted by Gasteiger charge is 2.07. The third-order valence-corrected chi connectivity index (χ3v) is 2.24. The number of fused-ring (bicyclic) bond motifs is 1. The molecule has 2 aromatic rings. The molecule has 0 fully saturated rings. The first-order valence-electron chi connectivity index (χ1n) is 5.32. The molecule has 0 aliphatic carbocycles. The maximum Gasteiger partial charge on any atom is 0.220 e. The van der Waals surface area contributed by atoms with Crippen LogP contribution >= 0.6 is 0 Å². The van der Waals surface area contributed by atoms with Crippen molar-refractivity contribution in [2.75, 3.05) is 17.6 Å². The van der Waals surface area contributed by atoms with Gasteiger partial charge in [-0.15, -0.1) is 0 Å². The maximum atomic E-state index is 8.90. The normalized spacial score (nSPS) is 10.1. The van der Waals surface area contributed by atoms with Crippen molar-refractivity contribution in [3.8, 4) is 6.07 Å². The number of rotatable bonds is 3. The van der Waals surface area contributed by atoms with E-state index in [1.807, 2.05) is 13.0 Å². The summed E-state index contributed by atoms with van der Waals surface area (Å²) in [6, 6.07) is 3.66. The molecule has 0 aliphatic heterocycles. The second kappa shape index (κ2) is 4.61. The Morgan fingerprint density at radius 3 is 3.00 bits per heavy atom. The van der Waals surface area contributed by atoms with Gasteiger partial charge in [-0.05, 0) is 12.5 Å². The van der Waals surface area contributed by atoms with Gasteiger partial charge < -0.3 is 11.1 Å². The maximum absolute atomic E-state index is 8.90. The molecular weight excluding hydrogens is 216 g/mol. The van der Waals surface area contributed by atoms with Crippen molar-refractivity contribution in [1.82, 2.24) is 15.0 Å². The van der Waals surface area contributed by atoms with Gasteiger partial charge in [0.25, 0.3) is 0 Å². The Morgan fingerprint density at radius 2 is 2.29 bits per heavy atom.